The Kier molecular flexibility index (Phi) is 5.69. The molecule has 4 nitrogen and oxygen atoms in total. The summed E-state index contributed by atoms with van der Waals surface area (Å²) in [6, 6.07) is 14.4. The molecule has 0 spiro atoms. The number of carbonyl (C=O) groups is 1. The molecular weight excluding hydrogens is 382 g/mol. The highest BCUT2D eigenvalue weighted by atomic mass is 35.5. The first-order valence-electron chi connectivity index (χ1n) is 8.56. The van der Waals surface area contributed by atoms with Gasteiger partial charge in [-0.25, -0.2) is 0 Å². The zero-order valence-corrected chi connectivity index (χ0v) is 16.9. The average molecular weight is 402 g/mol. The number of nitriles is 1. The first-order chi connectivity index (χ1) is 12.8. The number of ether oxygens (including phenoxy) is 2. The monoisotopic (exact) mass is 401 g/mol. The van der Waals surface area contributed by atoms with E-state index in [1.807, 2.05) is 18.2 Å². The Morgan fingerprint density at radius 3 is 2.26 bits per heavy atom. The fourth-order valence-corrected chi connectivity index (χ4v) is 3.61. The molecule has 27 heavy (non-hydrogen) atoms. The Morgan fingerprint density at radius 2 is 1.74 bits per heavy atom. The van der Waals surface area contributed by atoms with Crippen LogP contribution in [0.15, 0.2) is 42.5 Å². The van der Waals surface area contributed by atoms with E-state index in [1.54, 1.807) is 36.6 Å². The number of rotatable bonds is 5. The Balaban J connectivity index is 1.62. The minimum absolute atomic E-state index is 0.0103. The highest BCUT2D eigenvalue weighted by Crippen LogP contribution is 2.45. The maximum Gasteiger partial charge on any atom is 0.219 e. The van der Waals surface area contributed by atoms with Crippen molar-refractivity contribution < 1.29 is 14.3 Å². The van der Waals surface area contributed by atoms with Gasteiger partial charge < -0.3 is 9.47 Å². The van der Waals surface area contributed by atoms with Crippen LogP contribution in [0, 0.1) is 16.7 Å². The van der Waals surface area contributed by atoms with Gasteiger partial charge in [-0.1, -0.05) is 37.2 Å². The molecule has 0 bridgehead atoms. The summed E-state index contributed by atoms with van der Waals surface area (Å²) in [5.74, 6) is 1.39. The van der Waals surface area contributed by atoms with Gasteiger partial charge in [0.05, 0.1) is 10.6 Å². The highest BCUT2D eigenvalue weighted by Gasteiger charge is 2.52. The predicted molar refractivity (Wildman–Crippen MR) is 108 cm³/mol. The van der Waals surface area contributed by atoms with E-state index >= 15 is 0 Å². The number of nitrogens with zero attached hydrogens (tertiary/aromatic N) is 1. The second-order valence-electron chi connectivity index (χ2n) is 7.04. The fraction of sp³-hybridized carbons (Fsp3) is 0.333. The van der Waals surface area contributed by atoms with Gasteiger partial charge in [-0.2, -0.15) is 5.26 Å². The van der Waals surface area contributed by atoms with E-state index in [-0.39, 0.29) is 22.7 Å². The van der Waals surface area contributed by atoms with Gasteiger partial charge in [0.15, 0.2) is 0 Å². The van der Waals surface area contributed by atoms with Gasteiger partial charge in [0.25, 0.3) is 0 Å². The Labute approximate surface area is 168 Å². The second-order valence-corrected chi connectivity index (χ2v) is 8.23. The molecule has 6 heteroatoms. The summed E-state index contributed by atoms with van der Waals surface area (Å²) in [5, 5.41) is 9.39. The molecule has 1 saturated carbocycles. The van der Waals surface area contributed by atoms with Crippen LogP contribution in [0.1, 0.15) is 36.2 Å². The number of benzene rings is 2. The normalized spacial score (nSPS) is 20.3. The van der Waals surface area contributed by atoms with Crippen molar-refractivity contribution in [2.45, 2.75) is 32.5 Å². The molecule has 1 aliphatic rings. The standard InChI is InChI=1S/C21H20ClNO3S/c1-21(2)18(25-15-7-4-13(5-8-15)20(24)27-3)11-19(21)26-16-9-6-14(12-23)17(22)10-16/h4-10,18-19H,11H2,1-3H3/t18-,19-/m0/s1. The third-order valence-electron chi connectivity index (χ3n) is 4.98. The molecule has 3 rings (SSSR count). The van der Waals surface area contributed by atoms with Crippen molar-refractivity contribution in [1.29, 1.82) is 5.26 Å². The number of hydrogen-bond donors (Lipinski definition) is 0. The SMILES string of the molecule is CSC(=O)c1ccc(O[C@H]2C[C@H](Oc3ccc(C#N)c(Cl)c3)C2(C)C)cc1. The lowest BCUT2D eigenvalue weighted by Gasteiger charge is -2.50. The van der Waals surface area contributed by atoms with Crippen molar-refractivity contribution in [3.8, 4) is 17.6 Å². The van der Waals surface area contributed by atoms with Crippen LogP contribution in [0.5, 0.6) is 11.5 Å². The summed E-state index contributed by atoms with van der Waals surface area (Å²) in [4.78, 5) is 11.7. The molecule has 2 aromatic rings. The van der Waals surface area contributed by atoms with Crippen molar-refractivity contribution in [2.75, 3.05) is 6.26 Å². The van der Waals surface area contributed by atoms with Crippen LogP contribution in [0.25, 0.3) is 0 Å². The maximum absolute atomic E-state index is 11.7. The van der Waals surface area contributed by atoms with Gasteiger partial charge in [-0.15, -0.1) is 0 Å². The molecular formula is C21H20ClNO3S. The third kappa shape index (κ3) is 4.07. The van der Waals surface area contributed by atoms with Crippen molar-refractivity contribution in [1.82, 2.24) is 0 Å². The van der Waals surface area contributed by atoms with E-state index in [0.29, 0.717) is 21.9 Å². The zero-order valence-electron chi connectivity index (χ0n) is 15.4. The van der Waals surface area contributed by atoms with Crippen molar-refractivity contribution >= 4 is 28.5 Å². The van der Waals surface area contributed by atoms with Crippen molar-refractivity contribution in [3.05, 3.63) is 58.6 Å². The minimum atomic E-state index is -0.186. The first kappa shape index (κ1) is 19.6. The van der Waals surface area contributed by atoms with Crippen LogP contribution in [-0.2, 0) is 0 Å². The summed E-state index contributed by atoms with van der Waals surface area (Å²) < 4.78 is 12.2. The Morgan fingerprint density at radius 1 is 1.15 bits per heavy atom. The lowest BCUT2D eigenvalue weighted by molar-refractivity contribution is -0.121. The van der Waals surface area contributed by atoms with Gasteiger partial charge in [0.1, 0.15) is 29.8 Å². The molecule has 0 radical (unpaired) electrons. The van der Waals surface area contributed by atoms with Crippen molar-refractivity contribution in [3.63, 3.8) is 0 Å². The molecule has 0 amide bonds. The van der Waals surface area contributed by atoms with E-state index in [4.69, 9.17) is 26.3 Å². The summed E-state index contributed by atoms with van der Waals surface area (Å²) in [7, 11) is 0. The summed E-state index contributed by atoms with van der Waals surface area (Å²) in [6.07, 6.45) is 2.52. The number of halogens is 1. The molecule has 0 heterocycles. The molecule has 1 fully saturated rings. The number of carbonyl (C=O) groups excluding carboxylic acids is 1. The van der Waals surface area contributed by atoms with Gasteiger partial charge in [0.2, 0.25) is 5.12 Å². The summed E-state index contributed by atoms with van der Waals surface area (Å²) >= 11 is 7.27. The third-order valence-corrected chi connectivity index (χ3v) is 5.90. The first-order valence-corrected chi connectivity index (χ1v) is 10.2. The molecule has 140 valence electrons. The molecule has 0 N–H and O–H groups in total. The van der Waals surface area contributed by atoms with Gasteiger partial charge in [0, 0.05) is 23.5 Å². The average Bonchev–Trinajstić information content (AvgIpc) is 2.67. The number of thioether (sulfide) groups is 1. The largest absolute Gasteiger partial charge is 0.490 e. The molecule has 2 aromatic carbocycles. The van der Waals surface area contributed by atoms with Crippen LogP contribution in [0.2, 0.25) is 5.02 Å². The lowest BCUT2D eigenvalue weighted by atomic mass is 9.66. The van der Waals surface area contributed by atoms with Gasteiger partial charge in [-0.05, 0) is 42.7 Å². The molecule has 1 aliphatic carbocycles. The topological polar surface area (TPSA) is 59.3 Å². The molecule has 0 aromatic heterocycles. The number of hydrogen-bond acceptors (Lipinski definition) is 5. The van der Waals surface area contributed by atoms with E-state index in [9.17, 15) is 4.79 Å². The molecule has 0 saturated heterocycles. The highest BCUT2D eigenvalue weighted by molar-refractivity contribution is 8.13. The quantitative estimate of drug-likeness (QED) is 0.676. The van der Waals surface area contributed by atoms with Crippen LogP contribution in [0.3, 0.4) is 0 Å². The second kappa shape index (κ2) is 7.84. The lowest BCUT2D eigenvalue weighted by Crippen LogP contribution is -2.58. The molecule has 0 unspecified atom stereocenters. The van der Waals surface area contributed by atoms with Crippen LogP contribution >= 0.6 is 23.4 Å². The van der Waals surface area contributed by atoms with Gasteiger partial charge in [-0.3, -0.25) is 4.79 Å². The van der Waals surface area contributed by atoms with Crippen LogP contribution < -0.4 is 9.47 Å². The predicted octanol–water partition coefficient (Wildman–Crippen LogP) is 5.34. The molecule has 2 atom stereocenters. The van der Waals surface area contributed by atoms with E-state index < -0.39 is 0 Å². The minimum Gasteiger partial charge on any atom is -0.490 e. The zero-order chi connectivity index (χ0) is 19.6. The summed E-state index contributed by atoms with van der Waals surface area (Å²) in [6.45, 7) is 4.20. The fourth-order valence-electron chi connectivity index (χ4n) is 3.02. The Hall–Kier alpha value is -2.16. The summed E-state index contributed by atoms with van der Waals surface area (Å²) in [5.41, 5.74) is 0.914. The Bertz CT molecular complexity index is 889. The van der Waals surface area contributed by atoms with E-state index in [0.717, 1.165) is 12.2 Å². The smallest absolute Gasteiger partial charge is 0.219 e. The van der Waals surface area contributed by atoms with Gasteiger partial charge >= 0.3 is 0 Å². The van der Waals surface area contributed by atoms with E-state index in [1.165, 1.54) is 11.8 Å². The maximum atomic E-state index is 11.7. The van der Waals surface area contributed by atoms with E-state index in [2.05, 4.69) is 13.8 Å². The van der Waals surface area contributed by atoms with Crippen molar-refractivity contribution in [2.24, 2.45) is 5.41 Å². The molecule has 0 aliphatic heterocycles. The van der Waals surface area contributed by atoms with Crippen LogP contribution in [0.4, 0.5) is 0 Å². The van der Waals surface area contributed by atoms with Crippen LogP contribution in [-0.4, -0.2) is 23.6 Å².